The van der Waals surface area contributed by atoms with Crippen molar-refractivity contribution in [2.24, 2.45) is 5.73 Å². The Morgan fingerprint density at radius 1 is 1.31 bits per heavy atom. The molecule has 0 saturated heterocycles. The van der Waals surface area contributed by atoms with Gasteiger partial charge in [-0.25, -0.2) is 0 Å². The first-order chi connectivity index (χ1) is 7.52. The average molecular weight is 223 g/mol. The topological polar surface area (TPSA) is 55.5 Å². The van der Waals surface area contributed by atoms with Gasteiger partial charge in [0.2, 0.25) is 0 Å². The fourth-order valence-electron chi connectivity index (χ4n) is 1.91. The highest BCUT2D eigenvalue weighted by Crippen LogP contribution is 2.39. The predicted octanol–water partition coefficient (Wildman–Crippen LogP) is 2.59. The minimum atomic E-state index is 0.132. The number of aromatic hydroxyl groups is 1. The minimum Gasteiger partial charge on any atom is -0.504 e. The van der Waals surface area contributed by atoms with E-state index in [1.54, 1.807) is 13.2 Å². The number of phenols is 1. The number of rotatable bonds is 4. The van der Waals surface area contributed by atoms with Gasteiger partial charge in [0.05, 0.1) is 7.11 Å². The highest BCUT2D eigenvalue weighted by Gasteiger charge is 2.19. The molecule has 90 valence electrons. The maximum absolute atomic E-state index is 10.1. The van der Waals surface area contributed by atoms with E-state index in [0.717, 1.165) is 11.1 Å². The molecule has 0 heterocycles. The quantitative estimate of drug-likeness (QED) is 0.825. The van der Waals surface area contributed by atoms with Gasteiger partial charge >= 0.3 is 0 Å². The highest BCUT2D eigenvalue weighted by atomic mass is 16.5. The lowest BCUT2D eigenvalue weighted by atomic mass is 9.88. The molecule has 1 unspecified atom stereocenters. The van der Waals surface area contributed by atoms with Gasteiger partial charge in [0, 0.05) is 5.56 Å². The Morgan fingerprint density at radius 2 is 1.94 bits per heavy atom. The molecule has 0 aliphatic rings. The number of hydrogen-bond acceptors (Lipinski definition) is 3. The molecule has 0 saturated carbocycles. The minimum absolute atomic E-state index is 0.132. The Balaban J connectivity index is 3.36. The second kappa shape index (κ2) is 5.21. The molecule has 0 aliphatic heterocycles. The van der Waals surface area contributed by atoms with Crippen molar-refractivity contribution in [2.75, 3.05) is 13.7 Å². The van der Waals surface area contributed by atoms with Gasteiger partial charge in [-0.1, -0.05) is 26.8 Å². The summed E-state index contributed by atoms with van der Waals surface area (Å²) >= 11 is 0. The molecule has 16 heavy (non-hydrogen) atoms. The number of benzene rings is 1. The van der Waals surface area contributed by atoms with E-state index in [2.05, 4.69) is 13.8 Å². The van der Waals surface area contributed by atoms with Crippen LogP contribution in [0.2, 0.25) is 0 Å². The van der Waals surface area contributed by atoms with Crippen LogP contribution in [0.1, 0.15) is 43.7 Å². The first kappa shape index (κ1) is 12.8. The summed E-state index contributed by atoms with van der Waals surface area (Å²) in [6.07, 6.45) is 0. The average Bonchev–Trinajstić information content (AvgIpc) is 2.27. The Bertz CT molecular complexity index is 361. The zero-order valence-electron chi connectivity index (χ0n) is 10.4. The van der Waals surface area contributed by atoms with Crippen molar-refractivity contribution in [3.8, 4) is 11.5 Å². The van der Waals surface area contributed by atoms with Crippen molar-refractivity contribution in [1.82, 2.24) is 0 Å². The zero-order valence-corrected chi connectivity index (χ0v) is 10.4. The molecule has 3 heteroatoms. The number of nitrogens with two attached hydrogens (primary N) is 1. The molecule has 0 aliphatic carbocycles. The van der Waals surface area contributed by atoms with E-state index in [-0.39, 0.29) is 11.7 Å². The van der Waals surface area contributed by atoms with E-state index in [1.807, 2.05) is 13.0 Å². The third-order valence-electron chi connectivity index (χ3n) is 2.90. The SMILES string of the molecule is COc1ccc(C(C)C)c(C(C)CN)c1O. The van der Waals surface area contributed by atoms with Gasteiger partial charge in [0.1, 0.15) is 0 Å². The third-order valence-corrected chi connectivity index (χ3v) is 2.90. The van der Waals surface area contributed by atoms with E-state index in [0.29, 0.717) is 18.2 Å². The second-order valence-electron chi connectivity index (χ2n) is 4.41. The van der Waals surface area contributed by atoms with Crippen LogP contribution in [0.3, 0.4) is 0 Å². The molecule has 0 aromatic heterocycles. The summed E-state index contributed by atoms with van der Waals surface area (Å²) in [5, 5.41) is 10.1. The van der Waals surface area contributed by atoms with Crippen LogP contribution in [0.5, 0.6) is 11.5 Å². The molecule has 3 nitrogen and oxygen atoms in total. The predicted molar refractivity (Wildman–Crippen MR) is 66.2 cm³/mol. The van der Waals surface area contributed by atoms with Gasteiger partial charge in [-0.3, -0.25) is 0 Å². The number of phenolic OH excluding ortho intramolecular Hbond substituents is 1. The molecule has 1 rings (SSSR count). The van der Waals surface area contributed by atoms with Gasteiger partial charge < -0.3 is 15.6 Å². The van der Waals surface area contributed by atoms with Crippen molar-refractivity contribution >= 4 is 0 Å². The van der Waals surface area contributed by atoms with Crippen LogP contribution in [-0.4, -0.2) is 18.8 Å². The van der Waals surface area contributed by atoms with Crippen molar-refractivity contribution in [2.45, 2.75) is 32.6 Å². The second-order valence-corrected chi connectivity index (χ2v) is 4.41. The van der Waals surface area contributed by atoms with E-state index in [9.17, 15) is 5.11 Å². The van der Waals surface area contributed by atoms with E-state index in [4.69, 9.17) is 10.5 Å². The summed E-state index contributed by atoms with van der Waals surface area (Å²) < 4.78 is 5.12. The fraction of sp³-hybridized carbons (Fsp3) is 0.538. The first-order valence-electron chi connectivity index (χ1n) is 5.62. The summed E-state index contributed by atoms with van der Waals surface area (Å²) in [7, 11) is 1.56. The summed E-state index contributed by atoms with van der Waals surface area (Å²) in [6.45, 7) is 6.74. The summed E-state index contributed by atoms with van der Waals surface area (Å²) in [5.74, 6) is 1.24. The lowest BCUT2D eigenvalue weighted by Gasteiger charge is -2.20. The van der Waals surface area contributed by atoms with Crippen LogP contribution in [0, 0.1) is 0 Å². The van der Waals surface area contributed by atoms with Gasteiger partial charge in [-0.2, -0.15) is 0 Å². The lowest BCUT2D eigenvalue weighted by Crippen LogP contribution is -2.12. The van der Waals surface area contributed by atoms with E-state index < -0.39 is 0 Å². The van der Waals surface area contributed by atoms with Crippen molar-refractivity contribution < 1.29 is 9.84 Å². The van der Waals surface area contributed by atoms with Crippen LogP contribution in [0.25, 0.3) is 0 Å². The Morgan fingerprint density at radius 3 is 2.38 bits per heavy atom. The number of methoxy groups -OCH3 is 1. The molecule has 0 radical (unpaired) electrons. The third kappa shape index (κ3) is 2.30. The Labute approximate surface area is 97.2 Å². The molecule has 3 N–H and O–H groups in total. The number of ether oxygens (including phenoxy) is 1. The lowest BCUT2D eigenvalue weighted by molar-refractivity contribution is 0.368. The highest BCUT2D eigenvalue weighted by molar-refractivity contribution is 5.52. The standard InChI is InChI=1S/C13H21NO2/c1-8(2)10-5-6-11(16-4)13(15)12(10)9(3)7-14/h5-6,8-9,15H,7,14H2,1-4H3. The maximum Gasteiger partial charge on any atom is 0.161 e. The molecule has 0 amide bonds. The molecule has 0 fully saturated rings. The van der Waals surface area contributed by atoms with Crippen LogP contribution in [0.15, 0.2) is 12.1 Å². The normalized spacial score (nSPS) is 12.9. The zero-order chi connectivity index (χ0) is 12.3. The maximum atomic E-state index is 10.1. The molecular formula is C13H21NO2. The molecule has 1 aromatic rings. The van der Waals surface area contributed by atoms with E-state index >= 15 is 0 Å². The van der Waals surface area contributed by atoms with Gasteiger partial charge in [0.25, 0.3) is 0 Å². The Hall–Kier alpha value is -1.22. The monoisotopic (exact) mass is 223 g/mol. The van der Waals surface area contributed by atoms with Crippen LogP contribution < -0.4 is 10.5 Å². The smallest absolute Gasteiger partial charge is 0.161 e. The molecule has 0 spiro atoms. The first-order valence-corrected chi connectivity index (χ1v) is 5.62. The van der Waals surface area contributed by atoms with Crippen LogP contribution in [-0.2, 0) is 0 Å². The van der Waals surface area contributed by atoms with Crippen LogP contribution in [0.4, 0.5) is 0 Å². The van der Waals surface area contributed by atoms with Crippen molar-refractivity contribution in [1.29, 1.82) is 0 Å². The molecule has 1 atom stereocenters. The van der Waals surface area contributed by atoms with Gasteiger partial charge in [0.15, 0.2) is 11.5 Å². The largest absolute Gasteiger partial charge is 0.504 e. The summed E-state index contributed by atoms with van der Waals surface area (Å²) in [6, 6.07) is 3.81. The fourth-order valence-corrected chi connectivity index (χ4v) is 1.91. The van der Waals surface area contributed by atoms with Gasteiger partial charge in [-0.05, 0) is 30.0 Å². The molecule has 1 aromatic carbocycles. The van der Waals surface area contributed by atoms with Crippen molar-refractivity contribution in [3.63, 3.8) is 0 Å². The molecule has 0 bridgehead atoms. The molecular weight excluding hydrogens is 202 g/mol. The summed E-state index contributed by atoms with van der Waals surface area (Å²) in [4.78, 5) is 0. The van der Waals surface area contributed by atoms with E-state index in [1.165, 1.54) is 0 Å². The number of hydrogen-bond donors (Lipinski definition) is 2. The summed E-state index contributed by atoms with van der Waals surface area (Å²) in [5.41, 5.74) is 7.73. The van der Waals surface area contributed by atoms with Crippen LogP contribution >= 0.6 is 0 Å². The van der Waals surface area contributed by atoms with Crippen molar-refractivity contribution in [3.05, 3.63) is 23.3 Å². The Kier molecular flexibility index (Phi) is 4.19. The van der Waals surface area contributed by atoms with Gasteiger partial charge in [-0.15, -0.1) is 0 Å².